The van der Waals surface area contributed by atoms with Crippen LogP contribution in [0.2, 0.25) is 0 Å². The molecule has 0 amide bonds. The first-order valence-electron chi connectivity index (χ1n) is 9.43. The zero-order chi connectivity index (χ0) is 19.6. The summed E-state index contributed by atoms with van der Waals surface area (Å²) in [5.74, 6) is 0. The molecule has 2 aromatic rings. The number of aliphatic hydroxyl groups is 1. The van der Waals surface area contributed by atoms with Crippen molar-refractivity contribution in [3.63, 3.8) is 0 Å². The van der Waals surface area contributed by atoms with Crippen molar-refractivity contribution < 1.29 is 19.3 Å². The van der Waals surface area contributed by atoms with Gasteiger partial charge in [-0.2, -0.15) is 0 Å². The fraction of sp³-hybridized carbons (Fsp3) is 0.429. The Morgan fingerprint density at radius 3 is 2.07 bits per heavy atom. The van der Waals surface area contributed by atoms with E-state index in [0.717, 1.165) is 11.1 Å². The summed E-state index contributed by atoms with van der Waals surface area (Å²) in [7, 11) is 0. The van der Waals surface area contributed by atoms with Crippen molar-refractivity contribution in [2.45, 2.75) is 50.7 Å². The average molecular weight is 383 g/mol. The molecule has 7 nitrogen and oxygen atoms in total. The Hall–Kier alpha value is -2.41. The Labute approximate surface area is 164 Å². The van der Waals surface area contributed by atoms with E-state index in [0.29, 0.717) is 32.6 Å². The van der Waals surface area contributed by atoms with E-state index in [1.807, 2.05) is 60.7 Å². The highest BCUT2D eigenvalue weighted by Gasteiger charge is 2.45. The van der Waals surface area contributed by atoms with Crippen LogP contribution in [0.4, 0.5) is 0 Å². The highest BCUT2D eigenvalue weighted by Crippen LogP contribution is 2.29. The third kappa shape index (κ3) is 5.79. The van der Waals surface area contributed by atoms with Crippen LogP contribution in [-0.2, 0) is 27.4 Å². The molecule has 0 spiro atoms. The molecule has 7 heteroatoms. The van der Waals surface area contributed by atoms with Gasteiger partial charge in [-0.05, 0) is 29.5 Å². The molecule has 1 N–H and O–H groups in total. The van der Waals surface area contributed by atoms with Crippen LogP contribution in [0.1, 0.15) is 24.0 Å². The van der Waals surface area contributed by atoms with Crippen molar-refractivity contribution in [3.05, 3.63) is 82.2 Å². The van der Waals surface area contributed by atoms with Gasteiger partial charge in [0.15, 0.2) is 6.29 Å². The highest BCUT2D eigenvalue weighted by molar-refractivity contribution is 5.14. The van der Waals surface area contributed by atoms with Gasteiger partial charge in [0.2, 0.25) is 0 Å². The second kappa shape index (κ2) is 10.8. The molecule has 0 saturated carbocycles. The van der Waals surface area contributed by atoms with E-state index in [1.54, 1.807) is 0 Å². The summed E-state index contributed by atoms with van der Waals surface area (Å²) in [6.45, 7) is 1.15. The molecule has 28 heavy (non-hydrogen) atoms. The molecule has 0 aliphatic carbocycles. The van der Waals surface area contributed by atoms with Gasteiger partial charge in [0, 0.05) is 11.5 Å². The summed E-state index contributed by atoms with van der Waals surface area (Å²) in [4.78, 5) is 2.77. The molecule has 1 unspecified atom stereocenters. The van der Waals surface area contributed by atoms with Crippen molar-refractivity contribution in [1.82, 2.24) is 0 Å². The standard InChI is InChI=1S/C21H25N3O4/c22-24-23-13-7-12-18-19(26-14-16-8-3-1-4-9-16)20(21(25)28-18)27-15-17-10-5-2-6-11-17/h1-6,8-11,18-21,25H,7,12-15H2/t18-,19-,20-,21?/m1/s1. The topological polar surface area (TPSA) is 96.7 Å². The van der Waals surface area contributed by atoms with Crippen LogP contribution in [0.15, 0.2) is 65.8 Å². The minimum atomic E-state index is -1.06. The van der Waals surface area contributed by atoms with Gasteiger partial charge in [-0.3, -0.25) is 0 Å². The first-order valence-corrected chi connectivity index (χ1v) is 9.43. The van der Waals surface area contributed by atoms with Crippen molar-refractivity contribution in [3.8, 4) is 0 Å². The zero-order valence-electron chi connectivity index (χ0n) is 15.6. The Balaban J connectivity index is 1.64. The predicted molar refractivity (Wildman–Crippen MR) is 104 cm³/mol. The van der Waals surface area contributed by atoms with Crippen molar-refractivity contribution >= 4 is 0 Å². The lowest BCUT2D eigenvalue weighted by molar-refractivity contribution is -0.149. The number of hydrogen-bond acceptors (Lipinski definition) is 5. The maximum Gasteiger partial charge on any atom is 0.184 e. The van der Waals surface area contributed by atoms with E-state index in [-0.39, 0.29) is 6.10 Å². The third-order valence-corrected chi connectivity index (χ3v) is 4.67. The quantitative estimate of drug-likeness (QED) is 0.291. The van der Waals surface area contributed by atoms with Gasteiger partial charge in [-0.1, -0.05) is 65.8 Å². The molecular weight excluding hydrogens is 358 g/mol. The Kier molecular flexibility index (Phi) is 7.84. The van der Waals surface area contributed by atoms with Crippen LogP contribution in [-0.4, -0.2) is 36.3 Å². The van der Waals surface area contributed by atoms with E-state index >= 15 is 0 Å². The molecule has 1 aliphatic rings. The molecule has 1 heterocycles. The minimum Gasteiger partial charge on any atom is -0.368 e. The van der Waals surface area contributed by atoms with Crippen LogP contribution in [0.5, 0.6) is 0 Å². The maximum absolute atomic E-state index is 10.4. The summed E-state index contributed by atoms with van der Waals surface area (Å²) in [6.07, 6.45) is -1.13. The molecule has 1 aliphatic heterocycles. The number of azide groups is 1. The smallest absolute Gasteiger partial charge is 0.184 e. The molecule has 148 valence electrons. The SMILES string of the molecule is [N-]=[N+]=NCCC[C@H]1OC(O)[C@H](OCc2ccccc2)[C@@H]1OCc1ccccc1. The number of hydrogen-bond donors (Lipinski definition) is 1. The van der Waals surface area contributed by atoms with Gasteiger partial charge in [0.1, 0.15) is 12.2 Å². The van der Waals surface area contributed by atoms with Gasteiger partial charge < -0.3 is 19.3 Å². The van der Waals surface area contributed by atoms with Crippen molar-refractivity contribution in [2.75, 3.05) is 6.54 Å². The summed E-state index contributed by atoms with van der Waals surface area (Å²) >= 11 is 0. The Morgan fingerprint density at radius 1 is 0.929 bits per heavy atom. The highest BCUT2D eigenvalue weighted by atomic mass is 16.7. The van der Waals surface area contributed by atoms with Crippen LogP contribution in [0.3, 0.4) is 0 Å². The van der Waals surface area contributed by atoms with Crippen LogP contribution >= 0.6 is 0 Å². The van der Waals surface area contributed by atoms with Gasteiger partial charge in [0.05, 0.1) is 19.3 Å². The first-order chi connectivity index (χ1) is 13.8. The number of rotatable bonds is 10. The van der Waals surface area contributed by atoms with Gasteiger partial charge in [-0.15, -0.1) is 0 Å². The third-order valence-electron chi connectivity index (χ3n) is 4.67. The van der Waals surface area contributed by atoms with Crippen LogP contribution < -0.4 is 0 Å². The first kappa shape index (κ1) is 20.3. The van der Waals surface area contributed by atoms with E-state index in [1.165, 1.54) is 0 Å². The molecule has 0 aromatic heterocycles. The van der Waals surface area contributed by atoms with E-state index in [9.17, 15) is 5.11 Å². The number of aliphatic hydroxyl groups excluding tert-OH is 1. The van der Waals surface area contributed by atoms with Crippen LogP contribution in [0.25, 0.3) is 10.4 Å². The average Bonchev–Trinajstić information content (AvgIpc) is 3.04. The zero-order valence-corrected chi connectivity index (χ0v) is 15.6. The number of benzene rings is 2. The summed E-state index contributed by atoms with van der Waals surface area (Å²) in [5, 5.41) is 14.0. The Bertz CT molecular complexity index is 753. The fourth-order valence-corrected chi connectivity index (χ4v) is 3.26. The predicted octanol–water partition coefficient (Wildman–Crippen LogP) is 3.96. The number of nitrogens with zero attached hydrogens (tertiary/aromatic N) is 3. The lowest BCUT2D eigenvalue weighted by atomic mass is 10.1. The molecule has 0 radical (unpaired) electrons. The lowest BCUT2D eigenvalue weighted by Gasteiger charge is -2.24. The van der Waals surface area contributed by atoms with E-state index < -0.39 is 18.5 Å². The minimum absolute atomic E-state index is 0.326. The molecule has 0 bridgehead atoms. The largest absolute Gasteiger partial charge is 0.368 e. The molecule has 1 fully saturated rings. The van der Waals surface area contributed by atoms with E-state index in [2.05, 4.69) is 10.0 Å². The van der Waals surface area contributed by atoms with Gasteiger partial charge >= 0.3 is 0 Å². The summed E-state index contributed by atoms with van der Waals surface area (Å²) in [6, 6.07) is 19.6. The van der Waals surface area contributed by atoms with Crippen molar-refractivity contribution in [2.24, 2.45) is 5.11 Å². The molecule has 1 saturated heterocycles. The molecular formula is C21H25N3O4. The Morgan fingerprint density at radius 2 is 1.50 bits per heavy atom. The van der Waals surface area contributed by atoms with Gasteiger partial charge in [-0.25, -0.2) is 0 Å². The maximum atomic E-state index is 10.4. The fourth-order valence-electron chi connectivity index (χ4n) is 3.26. The molecule has 3 rings (SSSR count). The molecule has 2 aromatic carbocycles. The van der Waals surface area contributed by atoms with E-state index in [4.69, 9.17) is 19.7 Å². The molecule has 4 atom stereocenters. The lowest BCUT2D eigenvalue weighted by Crippen LogP contribution is -2.37. The second-order valence-corrected chi connectivity index (χ2v) is 6.68. The van der Waals surface area contributed by atoms with Crippen LogP contribution in [0, 0.1) is 0 Å². The monoisotopic (exact) mass is 383 g/mol. The normalized spacial score (nSPS) is 24.0. The summed E-state index contributed by atoms with van der Waals surface area (Å²) in [5.41, 5.74) is 10.5. The summed E-state index contributed by atoms with van der Waals surface area (Å²) < 4.78 is 17.8. The van der Waals surface area contributed by atoms with Gasteiger partial charge in [0.25, 0.3) is 0 Å². The van der Waals surface area contributed by atoms with Crippen molar-refractivity contribution in [1.29, 1.82) is 0 Å². The number of ether oxygens (including phenoxy) is 3. The second-order valence-electron chi connectivity index (χ2n) is 6.68.